The quantitative estimate of drug-likeness (QED) is 0.747. The SMILES string of the molecule is Cc1c(C(=O)Nc2ccccc2SC(F)F)nnn1C1CCNCC1.Cl. The van der Waals surface area contributed by atoms with Gasteiger partial charge in [-0.05, 0) is 45.0 Å². The van der Waals surface area contributed by atoms with E-state index >= 15 is 0 Å². The predicted octanol–water partition coefficient (Wildman–Crippen LogP) is 3.50. The normalized spacial score (nSPS) is 14.9. The largest absolute Gasteiger partial charge is 0.319 e. The molecule has 1 saturated heterocycles. The number of nitrogens with zero attached hydrogens (tertiary/aromatic N) is 3. The fraction of sp³-hybridized carbons (Fsp3) is 0.438. The zero-order chi connectivity index (χ0) is 17.8. The van der Waals surface area contributed by atoms with E-state index in [-0.39, 0.29) is 24.1 Å². The first-order chi connectivity index (χ1) is 12.1. The molecule has 0 aliphatic carbocycles. The minimum atomic E-state index is -2.56. The molecule has 1 aromatic carbocycles. The summed E-state index contributed by atoms with van der Waals surface area (Å²) in [5.41, 5.74) is 1.24. The number of para-hydroxylation sites is 1. The van der Waals surface area contributed by atoms with Crippen LogP contribution in [0.3, 0.4) is 0 Å². The second kappa shape index (κ2) is 9.29. The summed E-state index contributed by atoms with van der Waals surface area (Å²) in [7, 11) is 0. The summed E-state index contributed by atoms with van der Waals surface area (Å²) in [6, 6.07) is 6.69. The van der Waals surface area contributed by atoms with Gasteiger partial charge in [0.05, 0.1) is 17.4 Å². The number of piperidine rings is 1. The van der Waals surface area contributed by atoms with Crippen LogP contribution in [0.25, 0.3) is 0 Å². The number of carbonyl (C=O) groups excluding carboxylic acids is 1. The molecule has 1 fully saturated rings. The molecule has 1 aliphatic rings. The Hall–Kier alpha value is -1.71. The van der Waals surface area contributed by atoms with Crippen molar-refractivity contribution >= 4 is 35.8 Å². The van der Waals surface area contributed by atoms with Crippen molar-refractivity contribution in [3.63, 3.8) is 0 Å². The molecule has 1 amide bonds. The average molecular weight is 404 g/mol. The first-order valence-corrected chi connectivity index (χ1v) is 8.92. The second-order valence-electron chi connectivity index (χ2n) is 5.78. The molecule has 0 saturated carbocycles. The molecule has 2 N–H and O–H groups in total. The Morgan fingerprint density at radius 2 is 2.04 bits per heavy atom. The number of nitrogens with one attached hydrogen (secondary N) is 2. The third-order valence-corrected chi connectivity index (χ3v) is 4.94. The highest BCUT2D eigenvalue weighted by molar-refractivity contribution is 7.99. The first kappa shape index (κ1) is 20.6. The Morgan fingerprint density at radius 1 is 1.35 bits per heavy atom. The molecule has 0 spiro atoms. The zero-order valence-corrected chi connectivity index (χ0v) is 15.7. The third kappa shape index (κ3) is 4.72. The Bertz CT molecular complexity index is 752. The van der Waals surface area contributed by atoms with Gasteiger partial charge in [-0.2, -0.15) is 8.78 Å². The van der Waals surface area contributed by atoms with Crippen molar-refractivity contribution in [1.82, 2.24) is 20.3 Å². The Kier molecular flexibility index (Phi) is 7.36. The molecule has 0 unspecified atom stereocenters. The van der Waals surface area contributed by atoms with E-state index in [9.17, 15) is 13.6 Å². The topological polar surface area (TPSA) is 71.8 Å². The van der Waals surface area contributed by atoms with Crippen LogP contribution in [0.4, 0.5) is 14.5 Å². The van der Waals surface area contributed by atoms with Crippen molar-refractivity contribution in [3.05, 3.63) is 35.7 Å². The maximum Gasteiger partial charge on any atom is 0.288 e. The number of benzene rings is 1. The lowest BCUT2D eigenvalue weighted by Crippen LogP contribution is -2.30. The summed E-state index contributed by atoms with van der Waals surface area (Å²) < 4.78 is 27.1. The van der Waals surface area contributed by atoms with Crippen molar-refractivity contribution in [2.75, 3.05) is 18.4 Å². The van der Waals surface area contributed by atoms with Crippen molar-refractivity contribution in [2.45, 2.75) is 36.5 Å². The number of carbonyl (C=O) groups is 1. The maximum absolute atomic E-state index is 12.7. The molecule has 0 atom stereocenters. The summed E-state index contributed by atoms with van der Waals surface area (Å²) in [5, 5.41) is 14.1. The molecule has 10 heteroatoms. The van der Waals surface area contributed by atoms with Gasteiger partial charge in [-0.25, -0.2) is 4.68 Å². The van der Waals surface area contributed by atoms with Gasteiger partial charge in [-0.15, -0.1) is 17.5 Å². The lowest BCUT2D eigenvalue weighted by Gasteiger charge is -2.23. The van der Waals surface area contributed by atoms with E-state index in [1.54, 1.807) is 35.9 Å². The van der Waals surface area contributed by atoms with E-state index in [1.165, 1.54) is 0 Å². The van der Waals surface area contributed by atoms with Crippen LogP contribution in [0.5, 0.6) is 0 Å². The number of amides is 1. The van der Waals surface area contributed by atoms with Crippen LogP contribution < -0.4 is 10.6 Å². The van der Waals surface area contributed by atoms with Gasteiger partial charge in [0.15, 0.2) is 5.69 Å². The Balaban J connectivity index is 0.00000243. The van der Waals surface area contributed by atoms with Crippen LogP contribution >= 0.6 is 24.2 Å². The van der Waals surface area contributed by atoms with Crippen LogP contribution in [0.15, 0.2) is 29.2 Å². The van der Waals surface area contributed by atoms with Gasteiger partial charge >= 0.3 is 0 Å². The maximum atomic E-state index is 12.7. The molecule has 3 rings (SSSR count). The minimum Gasteiger partial charge on any atom is -0.319 e. The molecule has 1 aromatic heterocycles. The molecule has 142 valence electrons. The van der Waals surface area contributed by atoms with Crippen molar-refractivity contribution in [1.29, 1.82) is 0 Å². The number of thioether (sulfide) groups is 1. The monoisotopic (exact) mass is 403 g/mol. The summed E-state index contributed by atoms with van der Waals surface area (Å²) in [6.07, 6.45) is 1.86. The van der Waals surface area contributed by atoms with Crippen LogP contribution in [0.2, 0.25) is 0 Å². The number of alkyl halides is 2. The molecule has 2 aromatic rings. The molecule has 26 heavy (non-hydrogen) atoms. The number of anilines is 1. The average Bonchev–Trinajstić information content (AvgIpc) is 2.98. The van der Waals surface area contributed by atoms with Gasteiger partial charge in [0.2, 0.25) is 0 Å². The standard InChI is InChI=1S/C16H19F2N5OS.ClH/c1-10-14(21-22-23(10)11-6-8-19-9-7-11)15(24)20-12-4-2-3-5-13(12)25-16(17)18;/h2-5,11,16,19H,6-9H2,1H3,(H,20,24);1H. The molecular formula is C16H20ClF2N5OS. The summed E-state index contributed by atoms with van der Waals surface area (Å²) in [6.45, 7) is 3.62. The van der Waals surface area contributed by atoms with Gasteiger partial charge in [-0.1, -0.05) is 29.1 Å². The third-order valence-electron chi connectivity index (χ3n) is 4.15. The predicted molar refractivity (Wildman–Crippen MR) is 99.4 cm³/mol. The van der Waals surface area contributed by atoms with Gasteiger partial charge < -0.3 is 10.6 Å². The van der Waals surface area contributed by atoms with E-state index in [2.05, 4.69) is 20.9 Å². The first-order valence-electron chi connectivity index (χ1n) is 8.04. The molecule has 0 bridgehead atoms. The molecule has 0 radical (unpaired) electrons. The number of hydrogen-bond acceptors (Lipinski definition) is 5. The van der Waals surface area contributed by atoms with Crippen LogP contribution in [0, 0.1) is 6.92 Å². The van der Waals surface area contributed by atoms with Gasteiger partial charge in [-0.3, -0.25) is 4.79 Å². The van der Waals surface area contributed by atoms with Gasteiger partial charge in [0.25, 0.3) is 11.7 Å². The zero-order valence-electron chi connectivity index (χ0n) is 14.1. The van der Waals surface area contributed by atoms with E-state index < -0.39 is 11.7 Å². The smallest absolute Gasteiger partial charge is 0.288 e. The Morgan fingerprint density at radius 3 is 2.73 bits per heavy atom. The number of rotatable bonds is 5. The van der Waals surface area contributed by atoms with Crippen LogP contribution in [-0.2, 0) is 0 Å². The molecule has 1 aliphatic heterocycles. The van der Waals surface area contributed by atoms with E-state index in [1.807, 2.05) is 0 Å². The summed E-state index contributed by atoms with van der Waals surface area (Å²) >= 11 is 0.398. The molecule has 6 nitrogen and oxygen atoms in total. The van der Waals surface area contributed by atoms with Crippen molar-refractivity contribution in [2.24, 2.45) is 0 Å². The molecular weight excluding hydrogens is 384 g/mol. The highest BCUT2D eigenvalue weighted by atomic mass is 35.5. The second-order valence-corrected chi connectivity index (χ2v) is 6.81. The van der Waals surface area contributed by atoms with E-state index in [0.29, 0.717) is 28.0 Å². The summed E-state index contributed by atoms with van der Waals surface area (Å²) in [5.74, 6) is -3.00. The number of aromatic nitrogens is 3. The molecule has 2 heterocycles. The van der Waals surface area contributed by atoms with Crippen molar-refractivity contribution < 1.29 is 13.6 Å². The van der Waals surface area contributed by atoms with E-state index in [0.717, 1.165) is 25.9 Å². The minimum absolute atomic E-state index is 0. The highest BCUT2D eigenvalue weighted by Crippen LogP contribution is 2.32. The summed E-state index contributed by atoms with van der Waals surface area (Å²) in [4.78, 5) is 12.8. The fourth-order valence-corrected chi connectivity index (χ4v) is 3.49. The van der Waals surface area contributed by atoms with Gasteiger partial charge in [0, 0.05) is 4.90 Å². The lowest BCUT2D eigenvalue weighted by molar-refractivity contribution is 0.102. The number of halogens is 3. The van der Waals surface area contributed by atoms with Crippen molar-refractivity contribution in [3.8, 4) is 0 Å². The lowest BCUT2D eigenvalue weighted by atomic mass is 10.1. The number of hydrogen-bond donors (Lipinski definition) is 2. The highest BCUT2D eigenvalue weighted by Gasteiger charge is 2.23. The Labute approximate surface area is 160 Å². The van der Waals surface area contributed by atoms with Crippen LogP contribution in [-0.4, -0.2) is 39.7 Å². The van der Waals surface area contributed by atoms with Crippen LogP contribution in [0.1, 0.15) is 35.1 Å². The fourth-order valence-electron chi connectivity index (χ4n) is 2.90. The van der Waals surface area contributed by atoms with E-state index in [4.69, 9.17) is 0 Å². The van der Waals surface area contributed by atoms with Gasteiger partial charge in [0.1, 0.15) is 0 Å².